The number of para-hydroxylation sites is 1. The molecular formula is C16H19N3O. The van der Waals surface area contributed by atoms with Crippen LogP contribution in [-0.2, 0) is 0 Å². The minimum atomic E-state index is 0.434. The highest BCUT2D eigenvalue weighted by atomic mass is 16.5. The third kappa shape index (κ3) is 4.31. The van der Waals surface area contributed by atoms with E-state index in [4.69, 9.17) is 10.5 Å². The molecule has 0 amide bonds. The van der Waals surface area contributed by atoms with Crippen molar-refractivity contribution in [1.29, 1.82) is 0 Å². The van der Waals surface area contributed by atoms with Crippen molar-refractivity contribution < 1.29 is 4.74 Å². The molecule has 0 unspecified atom stereocenters. The second-order valence-corrected chi connectivity index (χ2v) is 4.33. The van der Waals surface area contributed by atoms with Gasteiger partial charge in [0.05, 0.1) is 0 Å². The van der Waals surface area contributed by atoms with E-state index in [2.05, 4.69) is 17.2 Å². The number of hydrogen-bond acceptors (Lipinski definition) is 2. The minimum Gasteiger partial charge on any atom is -0.457 e. The Morgan fingerprint density at radius 3 is 2.35 bits per heavy atom. The van der Waals surface area contributed by atoms with Gasteiger partial charge in [-0.1, -0.05) is 25.1 Å². The highest BCUT2D eigenvalue weighted by molar-refractivity contribution is 5.92. The smallest absolute Gasteiger partial charge is 0.193 e. The maximum absolute atomic E-state index is 5.76. The van der Waals surface area contributed by atoms with E-state index in [0.717, 1.165) is 30.2 Å². The summed E-state index contributed by atoms with van der Waals surface area (Å²) in [7, 11) is 0. The number of guanidine groups is 1. The first-order valence-electron chi connectivity index (χ1n) is 6.68. The molecule has 0 bridgehead atoms. The maximum atomic E-state index is 5.76. The van der Waals surface area contributed by atoms with Crippen molar-refractivity contribution in [2.75, 3.05) is 11.9 Å². The Labute approximate surface area is 119 Å². The van der Waals surface area contributed by atoms with Crippen molar-refractivity contribution in [2.24, 2.45) is 10.7 Å². The Kier molecular flexibility index (Phi) is 5.00. The molecule has 0 saturated heterocycles. The number of nitrogens with one attached hydrogen (secondary N) is 1. The summed E-state index contributed by atoms with van der Waals surface area (Å²) >= 11 is 0. The predicted octanol–water partition coefficient (Wildman–Crippen LogP) is 3.62. The van der Waals surface area contributed by atoms with Crippen molar-refractivity contribution in [3.8, 4) is 11.5 Å². The lowest BCUT2D eigenvalue weighted by Crippen LogP contribution is -2.22. The standard InChI is InChI=1S/C16H19N3O/c1-2-12-18-16(17)19-13-8-10-15(11-9-13)20-14-6-4-3-5-7-14/h3-11H,2,12H2,1H3,(H3,17,18,19). The number of rotatable bonds is 5. The Hall–Kier alpha value is -2.49. The molecule has 0 fully saturated rings. The van der Waals surface area contributed by atoms with Gasteiger partial charge in [0.25, 0.3) is 0 Å². The molecule has 0 aromatic heterocycles. The van der Waals surface area contributed by atoms with Crippen molar-refractivity contribution >= 4 is 11.6 Å². The largest absolute Gasteiger partial charge is 0.457 e. The van der Waals surface area contributed by atoms with Gasteiger partial charge in [-0.2, -0.15) is 0 Å². The highest BCUT2D eigenvalue weighted by Gasteiger charge is 1.98. The molecule has 3 N–H and O–H groups in total. The Morgan fingerprint density at radius 1 is 1.05 bits per heavy atom. The van der Waals surface area contributed by atoms with E-state index in [9.17, 15) is 0 Å². The van der Waals surface area contributed by atoms with Gasteiger partial charge in [0.1, 0.15) is 11.5 Å². The number of aliphatic imine (C=N–C) groups is 1. The average Bonchev–Trinajstić information content (AvgIpc) is 2.48. The molecule has 0 aliphatic heterocycles. The minimum absolute atomic E-state index is 0.434. The zero-order valence-corrected chi connectivity index (χ0v) is 11.5. The third-order valence-corrected chi connectivity index (χ3v) is 2.61. The fourth-order valence-corrected chi connectivity index (χ4v) is 1.65. The predicted molar refractivity (Wildman–Crippen MR) is 83.4 cm³/mol. The van der Waals surface area contributed by atoms with Crippen LogP contribution in [0.15, 0.2) is 59.6 Å². The van der Waals surface area contributed by atoms with Crippen molar-refractivity contribution in [3.63, 3.8) is 0 Å². The zero-order chi connectivity index (χ0) is 14.2. The van der Waals surface area contributed by atoms with E-state index in [1.165, 1.54) is 0 Å². The average molecular weight is 269 g/mol. The molecule has 0 aliphatic carbocycles. The first-order valence-corrected chi connectivity index (χ1v) is 6.68. The molecule has 20 heavy (non-hydrogen) atoms. The SMILES string of the molecule is CCCN=C(N)Nc1ccc(Oc2ccccc2)cc1. The molecule has 2 rings (SSSR count). The van der Waals surface area contributed by atoms with Crippen LogP contribution >= 0.6 is 0 Å². The summed E-state index contributed by atoms with van der Waals surface area (Å²) in [6.07, 6.45) is 0.978. The van der Waals surface area contributed by atoms with Gasteiger partial charge in [0.2, 0.25) is 0 Å². The Bertz CT molecular complexity index is 550. The molecule has 104 valence electrons. The summed E-state index contributed by atoms with van der Waals surface area (Å²) in [4.78, 5) is 4.18. The highest BCUT2D eigenvalue weighted by Crippen LogP contribution is 2.22. The maximum Gasteiger partial charge on any atom is 0.193 e. The van der Waals surface area contributed by atoms with Crippen molar-refractivity contribution in [2.45, 2.75) is 13.3 Å². The number of hydrogen-bond donors (Lipinski definition) is 2. The van der Waals surface area contributed by atoms with Crippen LogP contribution in [0.2, 0.25) is 0 Å². The number of ether oxygens (including phenoxy) is 1. The number of nitrogens with two attached hydrogens (primary N) is 1. The van der Waals surface area contributed by atoms with E-state index in [1.54, 1.807) is 0 Å². The fraction of sp³-hybridized carbons (Fsp3) is 0.188. The first kappa shape index (κ1) is 13.9. The summed E-state index contributed by atoms with van der Waals surface area (Å²) in [5, 5.41) is 3.04. The summed E-state index contributed by atoms with van der Waals surface area (Å²) in [6.45, 7) is 2.79. The van der Waals surface area contributed by atoms with Crippen LogP contribution < -0.4 is 15.8 Å². The van der Waals surface area contributed by atoms with Crippen LogP contribution in [0.5, 0.6) is 11.5 Å². The quantitative estimate of drug-likeness (QED) is 0.644. The van der Waals surface area contributed by atoms with Crippen LogP contribution in [0.4, 0.5) is 5.69 Å². The van der Waals surface area contributed by atoms with Gasteiger partial charge in [-0.3, -0.25) is 4.99 Å². The molecule has 0 saturated carbocycles. The first-order chi connectivity index (χ1) is 9.78. The van der Waals surface area contributed by atoms with Crippen LogP contribution in [0.3, 0.4) is 0 Å². The van der Waals surface area contributed by atoms with E-state index in [1.807, 2.05) is 54.6 Å². The monoisotopic (exact) mass is 269 g/mol. The summed E-state index contributed by atoms with van der Waals surface area (Å²) in [5.41, 5.74) is 6.65. The summed E-state index contributed by atoms with van der Waals surface area (Å²) < 4.78 is 5.71. The van der Waals surface area contributed by atoms with Crippen molar-refractivity contribution in [3.05, 3.63) is 54.6 Å². The molecule has 2 aromatic carbocycles. The van der Waals surface area contributed by atoms with E-state index < -0.39 is 0 Å². The number of nitrogens with zero attached hydrogens (tertiary/aromatic N) is 1. The molecule has 2 aromatic rings. The molecular weight excluding hydrogens is 250 g/mol. The molecule has 0 atom stereocenters. The summed E-state index contributed by atoms with van der Waals surface area (Å²) in [5.74, 6) is 2.03. The van der Waals surface area contributed by atoms with Gasteiger partial charge in [0, 0.05) is 12.2 Å². The zero-order valence-electron chi connectivity index (χ0n) is 11.5. The second-order valence-electron chi connectivity index (χ2n) is 4.33. The Morgan fingerprint density at radius 2 is 1.70 bits per heavy atom. The molecule has 4 nitrogen and oxygen atoms in total. The van der Waals surface area contributed by atoms with Gasteiger partial charge in [-0.15, -0.1) is 0 Å². The lowest BCUT2D eigenvalue weighted by atomic mass is 10.3. The lowest BCUT2D eigenvalue weighted by molar-refractivity contribution is 0.483. The summed E-state index contributed by atoms with van der Waals surface area (Å²) in [6, 6.07) is 17.3. The molecule has 0 aliphatic rings. The molecule has 0 spiro atoms. The van der Waals surface area contributed by atoms with Gasteiger partial charge in [-0.05, 0) is 42.8 Å². The van der Waals surface area contributed by atoms with Gasteiger partial charge >= 0.3 is 0 Å². The number of benzene rings is 2. The Balaban J connectivity index is 1.96. The van der Waals surface area contributed by atoms with E-state index >= 15 is 0 Å². The molecule has 0 radical (unpaired) electrons. The van der Waals surface area contributed by atoms with Crippen LogP contribution in [0.25, 0.3) is 0 Å². The van der Waals surface area contributed by atoms with Crippen LogP contribution in [-0.4, -0.2) is 12.5 Å². The normalized spacial score (nSPS) is 11.2. The van der Waals surface area contributed by atoms with E-state index in [0.29, 0.717) is 5.96 Å². The van der Waals surface area contributed by atoms with Gasteiger partial charge in [-0.25, -0.2) is 0 Å². The van der Waals surface area contributed by atoms with Crippen molar-refractivity contribution in [1.82, 2.24) is 0 Å². The lowest BCUT2D eigenvalue weighted by Gasteiger charge is -2.08. The fourth-order valence-electron chi connectivity index (χ4n) is 1.65. The third-order valence-electron chi connectivity index (χ3n) is 2.61. The molecule has 0 heterocycles. The number of anilines is 1. The van der Waals surface area contributed by atoms with Gasteiger partial charge < -0.3 is 15.8 Å². The van der Waals surface area contributed by atoms with Crippen LogP contribution in [0.1, 0.15) is 13.3 Å². The van der Waals surface area contributed by atoms with Crippen LogP contribution in [0, 0.1) is 0 Å². The molecule has 4 heteroatoms. The topological polar surface area (TPSA) is 59.6 Å². The second kappa shape index (κ2) is 7.19. The van der Waals surface area contributed by atoms with Gasteiger partial charge in [0.15, 0.2) is 5.96 Å². The van der Waals surface area contributed by atoms with E-state index in [-0.39, 0.29) is 0 Å².